The van der Waals surface area contributed by atoms with E-state index in [1.165, 1.54) is 4.31 Å². The third kappa shape index (κ3) is 6.22. The molecule has 1 aromatic carbocycles. The minimum Gasteiger partial charge on any atom is -0.317 e. The van der Waals surface area contributed by atoms with Gasteiger partial charge >= 0.3 is 0 Å². The molecular weight excluding hydrogens is 296 g/mol. The molecule has 4 nitrogen and oxygen atoms in total. The van der Waals surface area contributed by atoms with E-state index in [1.807, 2.05) is 19.1 Å². The van der Waals surface area contributed by atoms with E-state index >= 15 is 0 Å². The fraction of sp³-hybridized carbons (Fsp3) is 0.571. The number of halogens is 1. The minimum absolute atomic E-state index is 0.197. The lowest BCUT2D eigenvalue weighted by Gasteiger charge is -2.17. The molecule has 0 aromatic heterocycles. The van der Waals surface area contributed by atoms with Crippen LogP contribution in [0.4, 0.5) is 0 Å². The zero-order valence-electron chi connectivity index (χ0n) is 12.1. The Labute approximate surface area is 127 Å². The summed E-state index contributed by atoms with van der Waals surface area (Å²) < 4.78 is 25.6. The molecule has 1 N–H and O–H groups in total. The van der Waals surface area contributed by atoms with Crippen molar-refractivity contribution in [1.82, 2.24) is 9.62 Å². The average Bonchev–Trinajstić information content (AvgIpc) is 2.41. The molecule has 0 heterocycles. The first-order valence-electron chi connectivity index (χ1n) is 6.85. The second-order valence-electron chi connectivity index (χ2n) is 4.76. The lowest BCUT2D eigenvalue weighted by Crippen LogP contribution is -2.29. The van der Waals surface area contributed by atoms with Gasteiger partial charge in [-0.05, 0) is 43.6 Å². The molecular formula is C14H23ClN2O2S. The summed E-state index contributed by atoms with van der Waals surface area (Å²) in [7, 11) is -1.56. The fourth-order valence-electron chi connectivity index (χ4n) is 1.81. The number of sulfonamides is 1. The number of rotatable bonds is 9. The molecule has 0 aliphatic heterocycles. The van der Waals surface area contributed by atoms with Gasteiger partial charge in [-0.3, -0.25) is 0 Å². The van der Waals surface area contributed by atoms with Gasteiger partial charge in [-0.25, -0.2) is 12.7 Å². The van der Waals surface area contributed by atoms with Gasteiger partial charge in [-0.2, -0.15) is 0 Å². The molecule has 0 aliphatic rings. The van der Waals surface area contributed by atoms with Crippen molar-refractivity contribution in [3.05, 3.63) is 34.9 Å². The summed E-state index contributed by atoms with van der Waals surface area (Å²) >= 11 is 5.81. The third-order valence-corrected chi connectivity index (χ3v) is 5.18. The van der Waals surface area contributed by atoms with Crippen LogP contribution < -0.4 is 5.32 Å². The largest absolute Gasteiger partial charge is 0.317 e. The molecule has 0 atom stereocenters. The van der Waals surface area contributed by atoms with Crippen molar-refractivity contribution in [3.63, 3.8) is 0 Å². The quantitative estimate of drug-likeness (QED) is 0.712. The Kier molecular flexibility index (Phi) is 7.51. The van der Waals surface area contributed by atoms with Gasteiger partial charge in [-0.15, -0.1) is 0 Å². The van der Waals surface area contributed by atoms with Gasteiger partial charge in [0, 0.05) is 18.6 Å². The van der Waals surface area contributed by atoms with E-state index in [1.54, 1.807) is 19.2 Å². The summed E-state index contributed by atoms with van der Waals surface area (Å²) in [6.45, 7) is 4.21. The topological polar surface area (TPSA) is 49.4 Å². The molecule has 0 unspecified atom stereocenters. The molecule has 1 rings (SSSR count). The maximum absolute atomic E-state index is 12.1. The molecule has 0 aliphatic carbocycles. The van der Waals surface area contributed by atoms with Crippen LogP contribution in [-0.4, -0.2) is 38.6 Å². The maximum Gasteiger partial charge on any atom is 0.214 e. The van der Waals surface area contributed by atoms with E-state index < -0.39 is 10.0 Å². The Hall–Kier alpha value is -0.620. The summed E-state index contributed by atoms with van der Waals surface area (Å²) in [6.07, 6.45) is 1.56. The first kappa shape index (κ1) is 17.4. The second kappa shape index (κ2) is 8.62. The molecule has 0 spiro atoms. The smallest absolute Gasteiger partial charge is 0.214 e. The zero-order chi connectivity index (χ0) is 15.0. The van der Waals surface area contributed by atoms with Crippen LogP contribution in [0.1, 0.15) is 25.3 Å². The number of unbranched alkanes of at least 4 members (excludes halogenated alkanes) is 1. The molecule has 0 saturated carbocycles. The molecule has 114 valence electrons. The highest BCUT2D eigenvalue weighted by Gasteiger charge is 2.17. The second-order valence-corrected chi connectivity index (χ2v) is 7.39. The van der Waals surface area contributed by atoms with Crippen LogP contribution >= 0.6 is 11.6 Å². The van der Waals surface area contributed by atoms with Crippen molar-refractivity contribution >= 4 is 21.6 Å². The van der Waals surface area contributed by atoms with E-state index in [-0.39, 0.29) is 5.75 Å². The summed E-state index contributed by atoms with van der Waals surface area (Å²) in [6, 6.07) is 7.24. The first-order valence-corrected chi connectivity index (χ1v) is 8.83. The van der Waals surface area contributed by atoms with Gasteiger partial charge in [-0.1, -0.05) is 30.7 Å². The van der Waals surface area contributed by atoms with Crippen molar-refractivity contribution in [2.24, 2.45) is 0 Å². The standard InChI is InChI=1S/C14H23ClN2O2S/c1-3-16-10-4-5-11-20(18,19)17(2)12-13-6-8-14(15)9-7-13/h6-9,16H,3-5,10-12H2,1-2H3. The highest BCUT2D eigenvalue weighted by atomic mass is 35.5. The van der Waals surface area contributed by atoms with Gasteiger partial charge in [0.1, 0.15) is 0 Å². The number of hydrogen-bond donors (Lipinski definition) is 1. The SMILES string of the molecule is CCNCCCCS(=O)(=O)N(C)Cc1ccc(Cl)cc1. The Morgan fingerprint density at radius 2 is 1.85 bits per heavy atom. The van der Waals surface area contributed by atoms with E-state index in [4.69, 9.17) is 11.6 Å². The maximum atomic E-state index is 12.1. The third-order valence-electron chi connectivity index (χ3n) is 3.05. The van der Waals surface area contributed by atoms with E-state index in [0.29, 0.717) is 18.0 Å². The molecule has 0 bridgehead atoms. The number of benzene rings is 1. The van der Waals surface area contributed by atoms with Crippen molar-refractivity contribution in [2.75, 3.05) is 25.9 Å². The monoisotopic (exact) mass is 318 g/mol. The lowest BCUT2D eigenvalue weighted by molar-refractivity contribution is 0.464. The highest BCUT2D eigenvalue weighted by Crippen LogP contribution is 2.13. The number of nitrogens with zero attached hydrogens (tertiary/aromatic N) is 1. The van der Waals surface area contributed by atoms with Gasteiger partial charge in [0.25, 0.3) is 0 Å². The van der Waals surface area contributed by atoms with Crippen LogP contribution in [0.5, 0.6) is 0 Å². The van der Waals surface area contributed by atoms with Crippen molar-refractivity contribution < 1.29 is 8.42 Å². The number of hydrogen-bond acceptors (Lipinski definition) is 3. The Morgan fingerprint density at radius 3 is 2.45 bits per heavy atom. The molecule has 1 aromatic rings. The van der Waals surface area contributed by atoms with Crippen molar-refractivity contribution in [2.45, 2.75) is 26.3 Å². The highest BCUT2D eigenvalue weighted by molar-refractivity contribution is 7.89. The molecule has 0 fully saturated rings. The van der Waals surface area contributed by atoms with Gasteiger partial charge in [0.05, 0.1) is 5.75 Å². The van der Waals surface area contributed by atoms with Crippen molar-refractivity contribution in [1.29, 1.82) is 0 Å². The molecule has 0 amide bonds. The van der Waals surface area contributed by atoms with Crippen LogP contribution in [0.15, 0.2) is 24.3 Å². The summed E-state index contributed by atoms with van der Waals surface area (Å²) in [5.41, 5.74) is 0.938. The van der Waals surface area contributed by atoms with E-state index in [0.717, 1.165) is 25.1 Å². The summed E-state index contributed by atoms with van der Waals surface area (Å²) in [5, 5.41) is 3.84. The minimum atomic E-state index is -3.18. The number of nitrogens with one attached hydrogen (secondary N) is 1. The average molecular weight is 319 g/mol. The molecule has 0 saturated heterocycles. The normalized spacial score (nSPS) is 12.0. The first-order chi connectivity index (χ1) is 9.45. The molecule has 0 radical (unpaired) electrons. The Balaban J connectivity index is 2.44. The Bertz CT molecular complexity index is 488. The fourth-order valence-corrected chi connectivity index (χ4v) is 3.16. The van der Waals surface area contributed by atoms with Crippen LogP contribution in [0.25, 0.3) is 0 Å². The zero-order valence-corrected chi connectivity index (χ0v) is 13.7. The van der Waals surface area contributed by atoms with Crippen LogP contribution in [0.3, 0.4) is 0 Å². The van der Waals surface area contributed by atoms with Crippen LogP contribution in [0.2, 0.25) is 5.02 Å². The molecule has 6 heteroatoms. The van der Waals surface area contributed by atoms with E-state index in [2.05, 4.69) is 5.32 Å². The Morgan fingerprint density at radius 1 is 1.20 bits per heavy atom. The van der Waals surface area contributed by atoms with Crippen LogP contribution in [-0.2, 0) is 16.6 Å². The predicted molar refractivity (Wildman–Crippen MR) is 84.5 cm³/mol. The van der Waals surface area contributed by atoms with Gasteiger partial charge < -0.3 is 5.32 Å². The lowest BCUT2D eigenvalue weighted by atomic mass is 10.2. The van der Waals surface area contributed by atoms with Gasteiger partial charge in [0.2, 0.25) is 10.0 Å². The summed E-state index contributed by atoms with van der Waals surface area (Å²) in [5.74, 6) is 0.197. The predicted octanol–water partition coefficient (Wildman–Crippen LogP) is 2.49. The molecule has 20 heavy (non-hydrogen) atoms. The van der Waals surface area contributed by atoms with Crippen LogP contribution in [0, 0.1) is 0 Å². The van der Waals surface area contributed by atoms with E-state index in [9.17, 15) is 8.42 Å². The van der Waals surface area contributed by atoms with Crippen molar-refractivity contribution in [3.8, 4) is 0 Å². The summed E-state index contributed by atoms with van der Waals surface area (Å²) in [4.78, 5) is 0. The van der Waals surface area contributed by atoms with Gasteiger partial charge in [0.15, 0.2) is 0 Å².